The number of fused-ring (bicyclic) bond motifs is 7. The fourth-order valence-electron chi connectivity index (χ4n) is 9.24. The van der Waals surface area contributed by atoms with E-state index in [4.69, 9.17) is 15.0 Å². The first-order chi connectivity index (χ1) is 30.8. The van der Waals surface area contributed by atoms with Crippen molar-refractivity contribution in [2.24, 2.45) is 0 Å². The molecule has 0 saturated carbocycles. The van der Waals surface area contributed by atoms with E-state index in [1.807, 2.05) is 36.4 Å². The van der Waals surface area contributed by atoms with Gasteiger partial charge in [-0.05, 0) is 64.2 Å². The van der Waals surface area contributed by atoms with E-state index < -0.39 is 0 Å². The molecule has 3 heterocycles. The van der Waals surface area contributed by atoms with Crippen LogP contribution < -0.4 is 0 Å². The second-order valence-corrected chi connectivity index (χ2v) is 15.6. The Balaban J connectivity index is 1.11. The van der Waals surface area contributed by atoms with Gasteiger partial charge in [0.25, 0.3) is 0 Å². The molecule has 0 fully saturated rings. The lowest BCUT2D eigenvalue weighted by atomic mass is 9.90. The van der Waals surface area contributed by atoms with Crippen LogP contribution in [0.3, 0.4) is 0 Å². The van der Waals surface area contributed by atoms with Crippen LogP contribution in [0.5, 0.6) is 0 Å². The zero-order chi connectivity index (χ0) is 41.0. The van der Waals surface area contributed by atoms with Gasteiger partial charge in [-0.2, -0.15) is 9.97 Å². The topological polar surface area (TPSA) is 48.5 Å². The number of nitrogens with zero attached hydrogens (tertiary/aromatic N) is 5. The first-order valence-electron chi connectivity index (χ1n) is 21.0. The number of aromatic nitrogens is 5. The summed E-state index contributed by atoms with van der Waals surface area (Å²) in [5.41, 5.74) is 14.4. The molecule has 0 atom stereocenters. The highest BCUT2D eigenvalue weighted by Gasteiger charge is 2.24. The zero-order valence-electron chi connectivity index (χ0n) is 33.6. The van der Waals surface area contributed by atoms with Crippen LogP contribution in [0.2, 0.25) is 0 Å². The molecule has 5 heteroatoms. The van der Waals surface area contributed by atoms with Gasteiger partial charge in [-0.15, -0.1) is 0 Å². The van der Waals surface area contributed by atoms with Crippen molar-refractivity contribution >= 4 is 43.6 Å². The van der Waals surface area contributed by atoms with E-state index in [0.29, 0.717) is 17.6 Å². The maximum Gasteiger partial charge on any atom is 0.238 e. The average molecular weight is 792 g/mol. The maximum absolute atomic E-state index is 5.20. The summed E-state index contributed by atoms with van der Waals surface area (Å²) in [5, 5.41) is 4.66. The highest BCUT2D eigenvalue weighted by molar-refractivity contribution is 6.29. The quantitative estimate of drug-likeness (QED) is 0.162. The van der Waals surface area contributed by atoms with Gasteiger partial charge < -0.3 is 4.57 Å². The van der Waals surface area contributed by atoms with Crippen LogP contribution in [0.25, 0.3) is 111 Å². The van der Waals surface area contributed by atoms with Crippen molar-refractivity contribution in [3.8, 4) is 67.8 Å². The van der Waals surface area contributed by atoms with Gasteiger partial charge in [-0.1, -0.05) is 188 Å². The third-order valence-corrected chi connectivity index (χ3v) is 12.0. The summed E-state index contributed by atoms with van der Waals surface area (Å²) in [6.07, 6.45) is 0. The molecular formula is C57H37N5. The summed E-state index contributed by atoms with van der Waals surface area (Å²) in [6, 6.07) is 79.4. The molecule has 3 aromatic heterocycles. The Kier molecular flexibility index (Phi) is 8.42. The summed E-state index contributed by atoms with van der Waals surface area (Å²) < 4.78 is 4.66. The lowest BCUT2D eigenvalue weighted by molar-refractivity contribution is 0.953. The van der Waals surface area contributed by atoms with Crippen molar-refractivity contribution in [1.29, 1.82) is 0 Å². The van der Waals surface area contributed by atoms with E-state index >= 15 is 0 Å². The standard InChI is InChI=1S/C57H37N5/c1-5-19-38(20-6-1)43-34-33-42(37-47(43)39-21-7-2-8-22-39)44-27-13-16-30-48(44)61-49-31-17-14-28-45(49)53-51(61)35-36-52-54(53)46-29-15-18-32-50(46)62(52)57-59-55(40-23-9-3-10-24-40)58-56(60-57)41-25-11-4-12-26-41/h1-37H. The average Bonchev–Trinajstić information content (AvgIpc) is 3.88. The zero-order valence-corrected chi connectivity index (χ0v) is 33.6. The summed E-state index contributed by atoms with van der Waals surface area (Å²) in [4.78, 5) is 15.4. The highest BCUT2D eigenvalue weighted by Crippen LogP contribution is 2.44. The largest absolute Gasteiger partial charge is 0.309 e. The molecule has 0 aliphatic carbocycles. The summed E-state index contributed by atoms with van der Waals surface area (Å²) >= 11 is 0. The molecule has 12 aromatic rings. The molecule has 0 unspecified atom stereocenters. The Bertz CT molecular complexity index is 3550. The molecule has 0 amide bonds. The summed E-state index contributed by atoms with van der Waals surface area (Å²) in [6.45, 7) is 0. The Hall–Kier alpha value is -8.41. The van der Waals surface area contributed by atoms with Gasteiger partial charge in [0.1, 0.15) is 0 Å². The number of benzene rings is 9. The SMILES string of the molecule is c1ccc(-c2nc(-c3ccccc3)nc(-n3c4ccccc4c4c5c6ccccc6n(-c6ccccc6-c6ccc(-c7ccccc7)c(-c7ccccc7)c6)c5ccc43)n2)cc1. The predicted molar refractivity (Wildman–Crippen MR) is 256 cm³/mol. The number of para-hydroxylation sites is 3. The van der Waals surface area contributed by atoms with Crippen molar-refractivity contribution in [1.82, 2.24) is 24.1 Å². The molecule has 12 rings (SSSR count). The Morgan fingerprint density at radius 1 is 0.274 bits per heavy atom. The number of hydrogen-bond acceptors (Lipinski definition) is 3. The van der Waals surface area contributed by atoms with Crippen LogP contribution >= 0.6 is 0 Å². The minimum Gasteiger partial charge on any atom is -0.309 e. The smallest absolute Gasteiger partial charge is 0.238 e. The predicted octanol–water partition coefficient (Wildman–Crippen LogP) is 14.4. The molecule has 0 saturated heterocycles. The molecule has 0 radical (unpaired) electrons. The van der Waals surface area contributed by atoms with Crippen LogP contribution in [-0.2, 0) is 0 Å². The Labute approximate surface area is 358 Å². The van der Waals surface area contributed by atoms with Crippen molar-refractivity contribution in [2.75, 3.05) is 0 Å². The van der Waals surface area contributed by atoms with Crippen molar-refractivity contribution in [2.45, 2.75) is 0 Å². The van der Waals surface area contributed by atoms with E-state index in [1.165, 1.54) is 33.0 Å². The summed E-state index contributed by atoms with van der Waals surface area (Å²) in [7, 11) is 0. The molecule has 5 nitrogen and oxygen atoms in total. The minimum atomic E-state index is 0.575. The van der Waals surface area contributed by atoms with Crippen molar-refractivity contribution < 1.29 is 0 Å². The van der Waals surface area contributed by atoms with Gasteiger partial charge in [-0.25, -0.2) is 4.98 Å². The van der Waals surface area contributed by atoms with Gasteiger partial charge in [-0.3, -0.25) is 4.57 Å². The van der Waals surface area contributed by atoms with E-state index in [2.05, 4.69) is 197 Å². The molecule has 9 aromatic carbocycles. The van der Waals surface area contributed by atoms with E-state index in [9.17, 15) is 0 Å². The van der Waals surface area contributed by atoms with E-state index in [-0.39, 0.29) is 0 Å². The van der Waals surface area contributed by atoms with Gasteiger partial charge >= 0.3 is 0 Å². The minimum absolute atomic E-state index is 0.575. The molecule has 0 bridgehead atoms. The van der Waals surface area contributed by atoms with Crippen LogP contribution in [0.4, 0.5) is 0 Å². The Morgan fingerprint density at radius 3 is 1.31 bits per heavy atom. The van der Waals surface area contributed by atoms with Crippen LogP contribution in [0, 0.1) is 0 Å². The van der Waals surface area contributed by atoms with Gasteiger partial charge in [0.15, 0.2) is 11.6 Å². The Morgan fingerprint density at radius 2 is 0.726 bits per heavy atom. The molecular weight excluding hydrogens is 755 g/mol. The van der Waals surface area contributed by atoms with Crippen LogP contribution in [0.1, 0.15) is 0 Å². The monoisotopic (exact) mass is 791 g/mol. The molecule has 290 valence electrons. The second-order valence-electron chi connectivity index (χ2n) is 15.6. The number of rotatable bonds is 7. The fourth-order valence-corrected chi connectivity index (χ4v) is 9.24. The second kappa shape index (κ2) is 14.7. The molecule has 0 aliphatic rings. The number of hydrogen-bond donors (Lipinski definition) is 0. The third-order valence-electron chi connectivity index (χ3n) is 12.0. The van der Waals surface area contributed by atoms with E-state index in [0.717, 1.165) is 60.8 Å². The normalized spacial score (nSPS) is 11.5. The lowest BCUT2D eigenvalue weighted by Gasteiger charge is -2.17. The first-order valence-corrected chi connectivity index (χ1v) is 21.0. The van der Waals surface area contributed by atoms with Gasteiger partial charge in [0, 0.05) is 38.2 Å². The van der Waals surface area contributed by atoms with Crippen molar-refractivity contribution in [3.05, 3.63) is 224 Å². The van der Waals surface area contributed by atoms with E-state index in [1.54, 1.807) is 0 Å². The third kappa shape index (κ3) is 5.82. The van der Waals surface area contributed by atoms with Crippen molar-refractivity contribution in [3.63, 3.8) is 0 Å². The van der Waals surface area contributed by atoms with Gasteiger partial charge in [0.2, 0.25) is 5.95 Å². The summed E-state index contributed by atoms with van der Waals surface area (Å²) in [5.74, 6) is 1.83. The molecule has 0 aliphatic heterocycles. The lowest BCUT2D eigenvalue weighted by Crippen LogP contribution is -2.06. The maximum atomic E-state index is 5.20. The van der Waals surface area contributed by atoms with Crippen LogP contribution in [-0.4, -0.2) is 24.1 Å². The molecule has 0 N–H and O–H groups in total. The highest BCUT2D eigenvalue weighted by atomic mass is 15.2. The molecule has 62 heavy (non-hydrogen) atoms. The first kappa shape index (κ1) is 35.5. The van der Waals surface area contributed by atoms with Gasteiger partial charge in [0.05, 0.1) is 27.8 Å². The molecule has 0 spiro atoms. The fraction of sp³-hybridized carbons (Fsp3) is 0. The van der Waals surface area contributed by atoms with Crippen LogP contribution in [0.15, 0.2) is 224 Å².